The Morgan fingerprint density at radius 2 is 2.06 bits per heavy atom. The van der Waals surface area contributed by atoms with Crippen molar-refractivity contribution in [3.05, 3.63) is 51.5 Å². The zero-order chi connectivity index (χ0) is 12.8. The molecular formula is C14H16INO2. The number of halogens is 1. The number of hydrogen-bond acceptors (Lipinski definition) is 3. The van der Waals surface area contributed by atoms with Gasteiger partial charge in [-0.1, -0.05) is 18.2 Å². The molecule has 0 fully saturated rings. The molecule has 0 atom stereocenters. The first-order valence-corrected chi connectivity index (χ1v) is 6.94. The lowest BCUT2D eigenvalue weighted by Gasteiger charge is -2.08. The third kappa shape index (κ3) is 3.74. The number of benzene rings is 1. The van der Waals surface area contributed by atoms with Gasteiger partial charge in [-0.25, -0.2) is 0 Å². The van der Waals surface area contributed by atoms with Gasteiger partial charge in [0.15, 0.2) is 3.77 Å². The topological polar surface area (TPSA) is 34.4 Å². The Hall–Kier alpha value is -1.01. The predicted molar refractivity (Wildman–Crippen MR) is 79.8 cm³/mol. The smallest absolute Gasteiger partial charge is 0.164 e. The zero-order valence-electron chi connectivity index (χ0n) is 10.3. The van der Waals surface area contributed by atoms with E-state index in [-0.39, 0.29) is 0 Å². The molecule has 0 saturated carbocycles. The van der Waals surface area contributed by atoms with Crippen molar-refractivity contribution in [1.29, 1.82) is 0 Å². The fourth-order valence-electron chi connectivity index (χ4n) is 1.79. The highest BCUT2D eigenvalue weighted by atomic mass is 127. The van der Waals surface area contributed by atoms with Gasteiger partial charge in [-0.2, -0.15) is 0 Å². The molecule has 1 heterocycles. The first-order valence-electron chi connectivity index (χ1n) is 5.86. The summed E-state index contributed by atoms with van der Waals surface area (Å²) in [5.41, 5.74) is 1.22. The van der Waals surface area contributed by atoms with Crippen molar-refractivity contribution in [3.8, 4) is 5.75 Å². The third-order valence-corrected chi connectivity index (χ3v) is 3.27. The van der Waals surface area contributed by atoms with Crippen LogP contribution in [-0.2, 0) is 13.0 Å². The molecule has 0 bridgehead atoms. The molecule has 1 N–H and O–H groups in total. The van der Waals surface area contributed by atoms with Gasteiger partial charge >= 0.3 is 0 Å². The summed E-state index contributed by atoms with van der Waals surface area (Å²) in [5, 5.41) is 3.36. The predicted octanol–water partition coefficient (Wildman–Crippen LogP) is 3.23. The summed E-state index contributed by atoms with van der Waals surface area (Å²) in [5.74, 6) is 1.92. The minimum atomic E-state index is 0.762. The van der Waals surface area contributed by atoms with Crippen molar-refractivity contribution in [1.82, 2.24) is 5.32 Å². The van der Waals surface area contributed by atoms with Crippen molar-refractivity contribution in [3.63, 3.8) is 0 Å². The Bertz CT molecular complexity index is 496. The van der Waals surface area contributed by atoms with Crippen molar-refractivity contribution >= 4 is 22.6 Å². The molecule has 96 valence electrons. The van der Waals surface area contributed by atoms with Gasteiger partial charge in [0.2, 0.25) is 0 Å². The van der Waals surface area contributed by atoms with E-state index in [0.717, 1.165) is 34.8 Å². The highest BCUT2D eigenvalue weighted by molar-refractivity contribution is 14.1. The second-order valence-electron chi connectivity index (χ2n) is 3.94. The first-order chi connectivity index (χ1) is 8.79. The van der Waals surface area contributed by atoms with E-state index in [1.54, 1.807) is 7.11 Å². The van der Waals surface area contributed by atoms with Crippen molar-refractivity contribution < 1.29 is 9.15 Å². The minimum Gasteiger partial charge on any atom is -0.496 e. The quantitative estimate of drug-likeness (QED) is 0.637. The Kier molecular flexibility index (Phi) is 5.07. The Labute approximate surface area is 121 Å². The SMILES string of the molecule is COc1ccccc1CCNCc1ccc(I)o1. The normalized spacial score (nSPS) is 10.6. The number of para-hydroxylation sites is 1. The highest BCUT2D eigenvalue weighted by Gasteiger charge is 2.02. The second-order valence-corrected chi connectivity index (χ2v) is 5.01. The van der Waals surface area contributed by atoms with Crippen LogP contribution >= 0.6 is 22.6 Å². The standard InChI is InChI=1S/C14H16INO2/c1-17-13-5-3-2-4-11(13)8-9-16-10-12-6-7-14(15)18-12/h2-7,16H,8-10H2,1H3. The molecule has 0 aliphatic heterocycles. The molecule has 2 rings (SSSR count). The van der Waals surface area contributed by atoms with Crippen molar-refractivity contribution in [2.75, 3.05) is 13.7 Å². The summed E-state index contributed by atoms with van der Waals surface area (Å²) in [6, 6.07) is 12.1. The maximum atomic E-state index is 5.48. The van der Waals surface area contributed by atoms with Crippen LogP contribution in [0.3, 0.4) is 0 Å². The van der Waals surface area contributed by atoms with Gasteiger partial charge in [0.1, 0.15) is 11.5 Å². The van der Waals surface area contributed by atoms with Crippen LogP contribution in [-0.4, -0.2) is 13.7 Å². The van der Waals surface area contributed by atoms with E-state index in [9.17, 15) is 0 Å². The fourth-order valence-corrected chi connectivity index (χ4v) is 2.25. The summed E-state index contributed by atoms with van der Waals surface area (Å²) >= 11 is 2.17. The Morgan fingerprint density at radius 3 is 2.78 bits per heavy atom. The maximum Gasteiger partial charge on any atom is 0.164 e. The van der Waals surface area contributed by atoms with Crippen molar-refractivity contribution in [2.24, 2.45) is 0 Å². The van der Waals surface area contributed by atoms with E-state index in [1.165, 1.54) is 5.56 Å². The van der Waals surface area contributed by atoms with E-state index in [2.05, 4.69) is 34.0 Å². The lowest BCUT2D eigenvalue weighted by atomic mass is 10.1. The van der Waals surface area contributed by atoms with Gasteiger partial charge in [-0.05, 0) is 59.3 Å². The monoisotopic (exact) mass is 357 g/mol. The van der Waals surface area contributed by atoms with Crippen LogP contribution in [0.25, 0.3) is 0 Å². The van der Waals surface area contributed by atoms with Gasteiger partial charge in [0, 0.05) is 0 Å². The number of ether oxygens (including phenoxy) is 1. The number of furan rings is 1. The summed E-state index contributed by atoms with van der Waals surface area (Å²) in [6.07, 6.45) is 0.946. The number of methoxy groups -OCH3 is 1. The van der Waals surface area contributed by atoms with Crippen molar-refractivity contribution in [2.45, 2.75) is 13.0 Å². The molecular weight excluding hydrogens is 341 g/mol. The van der Waals surface area contributed by atoms with Crippen LogP contribution in [0.4, 0.5) is 0 Å². The maximum absolute atomic E-state index is 5.48. The average molecular weight is 357 g/mol. The fraction of sp³-hybridized carbons (Fsp3) is 0.286. The van der Waals surface area contributed by atoms with Gasteiger partial charge in [-0.15, -0.1) is 0 Å². The molecule has 2 aromatic rings. The average Bonchev–Trinajstić information content (AvgIpc) is 2.81. The van der Waals surface area contributed by atoms with E-state index in [4.69, 9.17) is 9.15 Å². The third-order valence-electron chi connectivity index (χ3n) is 2.69. The van der Waals surface area contributed by atoms with E-state index < -0.39 is 0 Å². The molecule has 0 unspecified atom stereocenters. The van der Waals surface area contributed by atoms with Crippen LogP contribution in [0.15, 0.2) is 40.8 Å². The van der Waals surface area contributed by atoms with E-state index in [0.29, 0.717) is 0 Å². The number of nitrogens with one attached hydrogen (secondary N) is 1. The zero-order valence-corrected chi connectivity index (χ0v) is 12.4. The van der Waals surface area contributed by atoms with Gasteiger partial charge in [0.05, 0.1) is 13.7 Å². The summed E-state index contributed by atoms with van der Waals surface area (Å²) in [4.78, 5) is 0. The van der Waals surface area contributed by atoms with Gasteiger partial charge in [-0.3, -0.25) is 0 Å². The largest absolute Gasteiger partial charge is 0.496 e. The van der Waals surface area contributed by atoms with E-state index in [1.807, 2.05) is 30.3 Å². The molecule has 0 aliphatic carbocycles. The highest BCUT2D eigenvalue weighted by Crippen LogP contribution is 2.17. The molecule has 1 aromatic carbocycles. The van der Waals surface area contributed by atoms with Crippen LogP contribution < -0.4 is 10.1 Å². The summed E-state index contributed by atoms with van der Waals surface area (Å²) in [7, 11) is 1.71. The molecule has 0 spiro atoms. The molecule has 0 radical (unpaired) electrons. The number of rotatable bonds is 6. The Balaban J connectivity index is 1.78. The minimum absolute atomic E-state index is 0.762. The second kappa shape index (κ2) is 6.80. The molecule has 0 aliphatic rings. The molecule has 0 saturated heterocycles. The van der Waals surface area contributed by atoms with Gasteiger partial charge in [0.25, 0.3) is 0 Å². The molecule has 0 amide bonds. The van der Waals surface area contributed by atoms with Gasteiger partial charge < -0.3 is 14.5 Å². The number of hydrogen-bond donors (Lipinski definition) is 1. The van der Waals surface area contributed by atoms with Crippen LogP contribution in [0, 0.1) is 3.77 Å². The lowest BCUT2D eigenvalue weighted by molar-refractivity contribution is 0.408. The van der Waals surface area contributed by atoms with Crippen LogP contribution in [0.1, 0.15) is 11.3 Å². The first kappa shape index (κ1) is 13.4. The Morgan fingerprint density at radius 1 is 1.22 bits per heavy atom. The summed E-state index contributed by atoms with van der Waals surface area (Å²) < 4.78 is 11.7. The molecule has 1 aromatic heterocycles. The molecule has 18 heavy (non-hydrogen) atoms. The van der Waals surface area contributed by atoms with Crippen LogP contribution in [0.5, 0.6) is 5.75 Å². The molecule has 3 nitrogen and oxygen atoms in total. The molecule has 4 heteroatoms. The van der Waals surface area contributed by atoms with E-state index >= 15 is 0 Å². The summed E-state index contributed by atoms with van der Waals surface area (Å²) in [6.45, 7) is 1.66. The van der Waals surface area contributed by atoms with Crippen LogP contribution in [0.2, 0.25) is 0 Å². The lowest BCUT2D eigenvalue weighted by Crippen LogP contribution is -2.16.